The number of primary amides is 1. The van der Waals surface area contributed by atoms with E-state index in [9.17, 15) is 33.6 Å². The van der Waals surface area contributed by atoms with Crippen LogP contribution in [0.4, 0.5) is 0 Å². The van der Waals surface area contributed by atoms with Crippen LogP contribution in [0.1, 0.15) is 61.3 Å². The van der Waals surface area contributed by atoms with Crippen LogP contribution >= 0.6 is 0 Å². The van der Waals surface area contributed by atoms with Crippen LogP contribution in [0, 0.1) is 0 Å². The standard InChI is InChI=1S/C27H29N3O11/c1-14(31)38-21-11-5-8-18(23(21)40-16(3)33)26(36)29-13-7-10-20(25(28)35)30-27(37)19-9-6-12-22(39-15(2)32)24(19)41-17(4)34/h5-6,8-9,11-12,20H,7,10,13H2,1-4H3,(H2,28,35)(H,29,36)(H,30,37). The molecule has 0 spiro atoms. The molecule has 0 bridgehead atoms. The van der Waals surface area contributed by atoms with Crippen molar-refractivity contribution >= 4 is 41.6 Å². The molecular weight excluding hydrogens is 542 g/mol. The third-order valence-corrected chi connectivity index (χ3v) is 5.05. The van der Waals surface area contributed by atoms with E-state index in [1.807, 2.05) is 0 Å². The maximum absolute atomic E-state index is 13.0. The zero-order valence-corrected chi connectivity index (χ0v) is 22.7. The first-order valence-electron chi connectivity index (χ1n) is 12.2. The zero-order valence-electron chi connectivity index (χ0n) is 22.7. The second-order valence-electron chi connectivity index (χ2n) is 8.47. The van der Waals surface area contributed by atoms with Crippen molar-refractivity contribution in [2.75, 3.05) is 6.54 Å². The van der Waals surface area contributed by atoms with Crippen molar-refractivity contribution in [1.82, 2.24) is 10.6 Å². The number of benzene rings is 2. The number of amides is 3. The highest BCUT2D eigenvalue weighted by molar-refractivity contribution is 6.01. The van der Waals surface area contributed by atoms with Gasteiger partial charge in [-0.2, -0.15) is 0 Å². The Kier molecular flexibility index (Phi) is 11.5. The van der Waals surface area contributed by atoms with Gasteiger partial charge in [0.15, 0.2) is 23.0 Å². The Hall–Kier alpha value is -5.27. The van der Waals surface area contributed by atoms with E-state index in [1.54, 1.807) is 0 Å². The number of esters is 4. The van der Waals surface area contributed by atoms with Gasteiger partial charge in [-0.25, -0.2) is 0 Å². The fourth-order valence-electron chi connectivity index (χ4n) is 3.48. The normalized spacial score (nSPS) is 10.9. The number of nitrogens with one attached hydrogen (secondary N) is 2. The molecule has 0 aromatic heterocycles. The molecule has 0 aliphatic carbocycles. The number of para-hydroxylation sites is 2. The van der Waals surface area contributed by atoms with Crippen LogP contribution in [0.5, 0.6) is 23.0 Å². The van der Waals surface area contributed by atoms with Crippen LogP contribution in [0.3, 0.4) is 0 Å². The predicted molar refractivity (Wildman–Crippen MR) is 140 cm³/mol. The number of rotatable bonds is 12. The molecule has 0 radical (unpaired) electrons. The minimum Gasteiger partial charge on any atom is -0.423 e. The lowest BCUT2D eigenvalue weighted by molar-refractivity contribution is -0.134. The summed E-state index contributed by atoms with van der Waals surface area (Å²) in [5.41, 5.74) is 5.18. The maximum atomic E-state index is 13.0. The number of hydrogen-bond donors (Lipinski definition) is 3. The topological polar surface area (TPSA) is 206 Å². The van der Waals surface area contributed by atoms with Crippen molar-refractivity contribution in [2.45, 2.75) is 46.6 Å². The summed E-state index contributed by atoms with van der Waals surface area (Å²) in [5.74, 6) is -6.16. The van der Waals surface area contributed by atoms with E-state index in [0.717, 1.165) is 27.7 Å². The van der Waals surface area contributed by atoms with E-state index in [2.05, 4.69) is 10.6 Å². The first-order valence-corrected chi connectivity index (χ1v) is 12.2. The molecule has 0 aliphatic rings. The van der Waals surface area contributed by atoms with Gasteiger partial charge >= 0.3 is 23.9 Å². The number of carbonyl (C=O) groups excluding carboxylic acids is 7. The minimum atomic E-state index is -1.19. The number of carbonyl (C=O) groups is 7. The molecule has 0 aliphatic heterocycles. The molecule has 2 aromatic rings. The van der Waals surface area contributed by atoms with Crippen LogP contribution in [-0.4, -0.2) is 54.2 Å². The van der Waals surface area contributed by atoms with Gasteiger partial charge in [-0.05, 0) is 37.1 Å². The molecule has 4 N–H and O–H groups in total. The number of nitrogens with two attached hydrogens (primary N) is 1. The highest BCUT2D eigenvalue weighted by atomic mass is 16.6. The van der Waals surface area contributed by atoms with Crippen LogP contribution in [0.15, 0.2) is 36.4 Å². The lowest BCUT2D eigenvalue weighted by Gasteiger charge is -2.18. The van der Waals surface area contributed by atoms with E-state index in [4.69, 9.17) is 24.7 Å². The monoisotopic (exact) mass is 571 g/mol. The lowest BCUT2D eigenvalue weighted by atomic mass is 10.1. The Morgan fingerprint density at radius 1 is 0.683 bits per heavy atom. The highest BCUT2D eigenvalue weighted by Gasteiger charge is 2.25. The van der Waals surface area contributed by atoms with Crippen molar-refractivity contribution in [3.8, 4) is 23.0 Å². The third kappa shape index (κ3) is 9.76. The van der Waals surface area contributed by atoms with Crippen LogP contribution in [-0.2, 0) is 24.0 Å². The van der Waals surface area contributed by atoms with E-state index in [-0.39, 0.29) is 53.5 Å². The summed E-state index contributed by atoms with van der Waals surface area (Å²) in [6.45, 7) is 4.49. The van der Waals surface area contributed by atoms with Gasteiger partial charge in [0.05, 0.1) is 11.1 Å². The van der Waals surface area contributed by atoms with Crippen LogP contribution in [0.2, 0.25) is 0 Å². The zero-order chi connectivity index (χ0) is 30.7. The van der Waals surface area contributed by atoms with Crippen LogP contribution in [0.25, 0.3) is 0 Å². The molecule has 0 heterocycles. The van der Waals surface area contributed by atoms with E-state index >= 15 is 0 Å². The van der Waals surface area contributed by atoms with Gasteiger partial charge in [-0.1, -0.05) is 12.1 Å². The van der Waals surface area contributed by atoms with E-state index in [0.29, 0.717) is 0 Å². The molecule has 14 nitrogen and oxygen atoms in total. The van der Waals surface area contributed by atoms with Gasteiger partial charge in [0, 0.05) is 34.2 Å². The average molecular weight is 572 g/mol. The summed E-state index contributed by atoms with van der Waals surface area (Å²) in [6, 6.07) is 6.95. The summed E-state index contributed by atoms with van der Waals surface area (Å²) in [4.78, 5) is 83.7. The number of hydrogen-bond acceptors (Lipinski definition) is 11. The quantitative estimate of drug-likeness (QED) is 0.187. The molecule has 14 heteroatoms. The second-order valence-corrected chi connectivity index (χ2v) is 8.47. The predicted octanol–water partition coefficient (Wildman–Crippen LogP) is 1.18. The molecular formula is C27H29N3O11. The van der Waals surface area contributed by atoms with Gasteiger partial charge < -0.3 is 35.3 Å². The minimum absolute atomic E-state index is 0.00181. The Labute approximate surface area is 234 Å². The SMILES string of the molecule is CC(=O)Oc1cccc(C(=O)NCCCC(NC(=O)c2cccc(OC(C)=O)c2OC(C)=O)C(N)=O)c1OC(C)=O. The Morgan fingerprint density at radius 2 is 1.12 bits per heavy atom. The number of ether oxygens (including phenoxy) is 4. The molecule has 0 saturated heterocycles. The molecule has 2 aromatic carbocycles. The van der Waals surface area contributed by atoms with Gasteiger partial charge in [-0.3, -0.25) is 33.6 Å². The summed E-state index contributed by atoms with van der Waals surface area (Å²) < 4.78 is 20.2. The van der Waals surface area contributed by atoms with Crippen molar-refractivity contribution < 1.29 is 52.5 Å². The summed E-state index contributed by atoms with van der Waals surface area (Å²) in [7, 11) is 0. The van der Waals surface area contributed by atoms with Gasteiger partial charge in [0.2, 0.25) is 5.91 Å². The van der Waals surface area contributed by atoms with Gasteiger partial charge in [0.25, 0.3) is 11.8 Å². The summed E-state index contributed by atoms with van der Waals surface area (Å²) in [6.07, 6.45) is 0.161. The fraction of sp³-hybridized carbons (Fsp3) is 0.296. The van der Waals surface area contributed by atoms with Gasteiger partial charge in [0.1, 0.15) is 6.04 Å². The molecule has 1 unspecified atom stereocenters. The molecule has 0 saturated carbocycles. The van der Waals surface area contributed by atoms with Crippen molar-refractivity contribution in [2.24, 2.45) is 5.73 Å². The Balaban J connectivity index is 2.11. The highest BCUT2D eigenvalue weighted by Crippen LogP contribution is 2.33. The molecule has 218 valence electrons. The summed E-state index contributed by atoms with van der Waals surface area (Å²) in [5, 5.41) is 5.03. The first-order chi connectivity index (χ1) is 19.3. The largest absolute Gasteiger partial charge is 0.423 e. The smallest absolute Gasteiger partial charge is 0.308 e. The molecule has 1 atom stereocenters. The van der Waals surface area contributed by atoms with Crippen LogP contribution < -0.4 is 35.3 Å². The van der Waals surface area contributed by atoms with E-state index < -0.39 is 47.6 Å². The van der Waals surface area contributed by atoms with Crippen molar-refractivity contribution in [1.29, 1.82) is 0 Å². The maximum Gasteiger partial charge on any atom is 0.308 e. The van der Waals surface area contributed by atoms with E-state index in [1.165, 1.54) is 36.4 Å². The summed E-state index contributed by atoms with van der Waals surface area (Å²) >= 11 is 0. The van der Waals surface area contributed by atoms with Crippen molar-refractivity contribution in [3.05, 3.63) is 47.5 Å². The molecule has 41 heavy (non-hydrogen) atoms. The molecule has 0 fully saturated rings. The van der Waals surface area contributed by atoms with Crippen molar-refractivity contribution in [3.63, 3.8) is 0 Å². The fourth-order valence-corrected chi connectivity index (χ4v) is 3.48. The molecule has 3 amide bonds. The van der Waals surface area contributed by atoms with Gasteiger partial charge in [-0.15, -0.1) is 0 Å². The molecule has 2 rings (SSSR count). The first kappa shape index (κ1) is 31.9. The lowest BCUT2D eigenvalue weighted by Crippen LogP contribution is -2.45. The second kappa shape index (κ2) is 14.8. The Morgan fingerprint density at radius 3 is 1.54 bits per heavy atom. The average Bonchev–Trinajstić information content (AvgIpc) is 2.86. The third-order valence-electron chi connectivity index (χ3n) is 5.05. The Bertz CT molecular complexity index is 1370.